The molecule has 0 unspecified atom stereocenters. The van der Waals surface area contributed by atoms with Gasteiger partial charge in [0.2, 0.25) is 0 Å². The summed E-state index contributed by atoms with van der Waals surface area (Å²) >= 11 is 8.14. The van der Waals surface area contributed by atoms with Gasteiger partial charge >= 0.3 is 0 Å². The van der Waals surface area contributed by atoms with Gasteiger partial charge in [0, 0.05) is 26.5 Å². The Balaban J connectivity index is 1.45. The van der Waals surface area contributed by atoms with Crippen molar-refractivity contribution in [3.63, 3.8) is 0 Å². The number of azide groups is 1. The van der Waals surface area contributed by atoms with Crippen LogP contribution in [0.2, 0.25) is 5.02 Å². The molecule has 0 N–H and O–H groups in total. The van der Waals surface area contributed by atoms with Gasteiger partial charge in [0.05, 0.1) is 11.6 Å². The van der Waals surface area contributed by atoms with Crippen LogP contribution in [-0.2, 0) is 13.2 Å². The first-order valence-corrected chi connectivity index (χ1v) is 12.0. The third kappa shape index (κ3) is 5.25. The number of halogens is 1. The number of aromatic nitrogens is 3. The maximum absolute atomic E-state index is 8.69. The Hall–Kier alpha value is -3.97. The molecule has 0 aliphatic rings. The molecule has 2 heterocycles. The molecule has 172 valence electrons. The third-order valence-corrected chi connectivity index (χ3v) is 6.73. The normalized spacial score (nSPS) is 10.8. The highest BCUT2D eigenvalue weighted by molar-refractivity contribution is 7.99. The zero-order chi connectivity index (χ0) is 24.0. The van der Waals surface area contributed by atoms with Crippen LogP contribution in [0, 0.1) is 0 Å². The fourth-order valence-corrected chi connectivity index (χ4v) is 4.75. The summed E-state index contributed by atoms with van der Waals surface area (Å²) in [5, 5.41) is 13.0. The molecule has 0 spiro atoms. The second kappa shape index (κ2) is 10.5. The van der Waals surface area contributed by atoms with E-state index in [1.165, 1.54) is 0 Å². The van der Waals surface area contributed by atoms with E-state index in [9.17, 15) is 0 Å². The van der Waals surface area contributed by atoms with Crippen LogP contribution in [-0.4, -0.2) is 14.6 Å². The topological polar surface area (TPSA) is 88.2 Å². The molecular weight excluding hydrogens is 480 g/mol. The Morgan fingerprint density at radius 3 is 2.66 bits per heavy atom. The van der Waals surface area contributed by atoms with Gasteiger partial charge in [-0.25, -0.2) is 0 Å². The first-order valence-electron chi connectivity index (χ1n) is 10.8. The average Bonchev–Trinajstić information content (AvgIpc) is 3.31. The quantitative estimate of drug-likeness (QED) is 0.125. The van der Waals surface area contributed by atoms with Gasteiger partial charge in [-0.2, -0.15) is 0 Å². The number of pyridine rings is 1. The van der Waals surface area contributed by atoms with Gasteiger partial charge in [0.25, 0.3) is 0 Å². The molecule has 0 saturated carbocycles. The van der Waals surface area contributed by atoms with Crippen molar-refractivity contribution < 1.29 is 4.74 Å². The van der Waals surface area contributed by atoms with Crippen LogP contribution in [0.5, 0.6) is 5.75 Å². The lowest BCUT2D eigenvalue weighted by Crippen LogP contribution is -1.96. The number of rotatable bonds is 8. The number of hydrogen-bond donors (Lipinski definition) is 0. The van der Waals surface area contributed by atoms with Crippen molar-refractivity contribution in [3.05, 3.63) is 118 Å². The van der Waals surface area contributed by atoms with Crippen molar-refractivity contribution >= 4 is 29.0 Å². The van der Waals surface area contributed by atoms with E-state index in [1.54, 1.807) is 11.8 Å². The monoisotopic (exact) mass is 498 g/mol. The summed E-state index contributed by atoms with van der Waals surface area (Å²) in [6.45, 7) is 0.754. The second-order valence-electron chi connectivity index (χ2n) is 7.63. The molecule has 3 aromatic carbocycles. The maximum atomic E-state index is 8.69. The van der Waals surface area contributed by atoms with Crippen molar-refractivity contribution in [2.75, 3.05) is 0 Å². The molecule has 0 radical (unpaired) electrons. The van der Waals surface area contributed by atoms with E-state index in [-0.39, 0.29) is 0 Å². The summed E-state index contributed by atoms with van der Waals surface area (Å²) in [4.78, 5) is 4.88. The molecule has 5 aromatic rings. The van der Waals surface area contributed by atoms with E-state index < -0.39 is 0 Å². The Kier molecular flexibility index (Phi) is 6.86. The van der Waals surface area contributed by atoms with E-state index >= 15 is 0 Å². The first-order chi connectivity index (χ1) is 17.2. The van der Waals surface area contributed by atoms with Crippen LogP contribution in [0.3, 0.4) is 0 Å². The molecule has 0 aliphatic heterocycles. The SMILES string of the molecule is [N-]=[N+]=NCc1ccccc1Sc1ccc2nnc(-c3cc(OCc4ccccc4)ccc3Cl)n2c1. The van der Waals surface area contributed by atoms with E-state index in [0.717, 1.165) is 26.5 Å². The van der Waals surface area contributed by atoms with Gasteiger partial charge in [0.15, 0.2) is 11.5 Å². The smallest absolute Gasteiger partial charge is 0.170 e. The lowest BCUT2D eigenvalue weighted by Gasteiger charge is -2.10. The molecule has 2 aromatic heterocycles. The van der Waals surface area contributed by atoms with Crippen LogP contribution < -0.4 is 4.74 Å². The molecule has 0 fully saturated rings. The Bertz CT molecular complexity index is 1530. The predicted molar refractivity (Wildman–Crippen MR) is 138 cm³/mol. The molecule has 5 rings (SSSR count). The van der Waals surface area contributed by atoms with Crippen molar-refractivity contribution in [2.45, 2.75) is 22.9 Å². The fraction of sp³-hybridized carbons (Fsp3) is 0.0769. The molecule has 0 amide bonds. The van der Waals surface area contributed by atoms with Crippen LogP contribution in [0.4, 0.5) is 0 Å². The molecule has 0 saturated heterocycles. The van der Waals surface area contributed by atoms with E-state index in [0.29, 0.717) is 35.4 Å². The Morgan fingerprint density at radius 1 is 0.971 bits per heavy atom. The number of ether oxygens (including phenoxy) is 1. The fourth-order valence-electron chi connectivity index (χ4n) is 3.59. The van der Waals surface area contributed by atoms with E-state index in [4.69, 9.17) is 21.9 Å². The van der Waals surface area contributed by atoms with Crippen LogP contribution in [0.1, 0.15) is 11.1 Å². The Morgan fingerprint density at radius 2 is 1.80 bits per heavy atom. The summed E-state index contributed by atoms with van der Waals surface area (Å²) in [5.74, 6) is 1.32. The number of fused-ring (bicyclic) bond motifs is 1. The lowest BCUT2D eigenvalue weighted by molar-refractivity contribution is 0.306. The minimum Gasteiger partial charge on any atom is -0.489 e. The molecular formula is C26H19ClN6OS. The van der Waals surface area contributed by atoms with Gasteiger partial charge in [-0.1, -0.05) is 77.0 Å². The average molecular weight is 499 g/mol. The minimum absolute atomic E-state index is 0.297. The molecule has 0 bridgehead atoms. The molecule has 35 heavy (non-hydrogen) atoms. The van der Waals surface area contributed by atoms with Gasteiger partial charge in [-0.15, -0.1) is 10.2 Å². The molecule has 7 nitrogen and oxygen atoms in total. The summed E-state index contributed by atoms with van der Waals surface area (Å²) in [7, 11) is 0. The largest absolute Gasteiger partial charge is 0.489 e. The van der Waals surface area contributed by atoms with Crippen molar-refractivity contribution in [3.8, 4) is 17.1 Å². The highest BCUT2D eigenvalue weighted by Crippen LogP contribution is 2.34. The van der Waals surface area contributed by atoms with Crippen molar-refractivity contribution in [1.82, 2.24) is 14.6 Å². The second-order valence-corrected chi connectivity index (χ2v) is 9.15. The highest BCUT2D eigenvalue weighted by Gasteiger charge is 2.14. The molecule has 0 aliphatic carbocycles. The summed E-state index contributed by atoms with van der Waals surface area (Å²) in [5.41, 5.74) is 12.2. The van der Waals surface area contributed by atoms with Crippen molar-refractivity contribution in [1.29, 1.82) is 0 Å². The van der Waals surface area contributed by atoms with Crippen LogP contribution >= 0.6 is 23.4 Å². The number of benzene rings is 3. The lowest BCUT2D eigenvalue weighted by atomic mass is 10.2. The van der Waals surface area contributed by atoms with E-state index in [1.807, 2.05) is 95.5 Å². The Labute approximate surface area is 211 Å². The van der Waals surface area contributed by atoms with Crippen LogP contribution in [0.15, 0.2) is 106 Å². The highest BCUT2D eigenvalue weighted by atomic mass is 35.5. The standard InChI is InChI=1S/C26H19ClN6OS/c27-23-12-10-20(34-17-18-6-2-1-3-7-18)14-22(23)26-31-30-25-13-11-21(16-33(25)26)35-24-9-5-4-8-19(24)15-29-32-28/h1-14,16H,15,17H2. The van der Waals surface area contributed by atoms with Gasteiger partial charge in [0.1, 0.15) is 12.4 Å². The third-order valence-electron chi connectivity index (χ3n) is 5.31. The van der Waals surface area contributed by atoms with Gasteiger partial charge in [-0.05, 0) is 53.1 Å². The first kappa shape index (κ1) is 22.8. The molecule has 9 heteroatoms. The van der Waals surface area contributed by atoms with Gasteiger partial charge in [-0.3, -0.25) is 4.40 Å². The van der Waals surface area contributed by atoms with Gasteiger partial charge < -0.3 is 4.74 Å². The number of hydrogen-bond acceptors (Lipinski definition) is 5. The zero-order valence-electron chi connectivity index (χ0n) is 18.5. The zero-order valence-corrected chi connectivity index (χ0v) is 20.0. The molecule has 0 atom stereocenters. The summed E-state index contributed by atoms with van der Waals surface area (Å²) < 4.78 is 7.91. The van der Waals surface area contributed by atoms with Crippen molar-refractivity contribution in [2.24, 2.45) is 5.11 Å². The maximum Gasteiger partial charge on any atom is 0.170 e. The predicted octanol–water partition coefficient (Wildman–Crippen LogP) is 7.59. The minimum atomic E-state index is 0.297. The van der Waals surface area contributed by atoms with Crippen LogP contribution in [0.25, 0.3) is 27.5 Å². The summed E-state index contributed by atoms with van der Waals surface area (Å²) in [6, 6.07) is 27.3. The number of nitrogens with zero attached hydrogens (tertiary/aromatic N) is 6. The van der Waals surface area contributed by atoms with E-state index in [2.05, 4.69) is 20.2 Å². The summed E-state index contributed by atoms with van der Waals surface area (Å²) in [6.07, 6.45) is 1.98.